The van der Waals surface area contributed by atoms with Gasteiger partial charge in [-0.2, -0.15) is 0 Å². The van der Waals surface area contributed by atoms with Gasteiger partial charge in [-0.05, 0) is 0 Å². The van der Waals surface area contributed by atoms with Crippen LogP contribution in [0.2, 0.25) is 0 Å². The van der Waals surface area contributed by atoms with Crippen LogP contribution in [-0.4, -0.2) is 49.3 Å². The van der Waals surface area contributed by atoms with Gasteiger partial charge in [0.05, 0.1) is 0 Å². The second-order valence-corrected chi connectivity index (χ2v) is 11.9. The van der Waals surface area contributed by atoms with Crippen molar-refractivity contribution in [2.45, 2.75) is 61.5 Å². The van der Waals surface area contributed by atoms with Crippen LogP contribution >= 0.6 is 0 Å². The summed E-state index contributed by atoms with van der Waals surface area (Å²) in [6.07, 6.45) is 7.37. The predicted molar refractivity (Wildman–Crippen MR) is 125 cm³/mol. The summed E-state index contributed by atoms with van der Waals surface area (Å²) < 4.78 is 56.0. The molecule has 1 aliphatic heterocycles. The average Bonchev–Trinajstić information content (AvgIpc) is 3.23. The predicted octanol–water partition coefficient (Wildman–Crippen LogP) is 2.10. The van der Waals surface area contributed by atoms with Crippen LogP contribution in [0, 0.1) is 17.5 Å². The van der Waals surface area contributed by atoms with E-state index in [4.69, 9.17) is 12.8 Å². The van der Waals surface area contributed by atoms with Gasteiger partial charge in [-0.15, -0.1) is 0 Å². The molecule has 0 amide bonds. The first-order valence-electron chi connectivity index (χ1n) is 12.3. The Labute approximate surface area is 218 Å². The summed E-state index contributed by atoms with van der Waals surface area (Å²) in [7, 11) is 0. The average molecular weight is 617 g/mol. The van der Waals surface area contributed by atoms with E-state index in [-0.39, 0.29) is 39.7 Å². The van der Waals surface area contributed by atoms with Gasteiger partial charge in [0.1, 0.15) is 5.82 Å². The molecule has 0 bridgehead atoms. The molecular weight excluding hydrogens is 588 g/mol. The number of hydrogen-bond acceptors (Lipinski definition) is 7. The summed E-state index contributed by atoms with van der Waals surface area (Å²) >= 11 is -0.201. The summed E-state index contributed by atoms with van der Waals surface area (Å²) in [6.45, 7) is 3.95. The fourth-order valence-corrected chi connectivity index (χ4v) is 6.83. The molecule has 1 aromatic carbocycles. The Morgan fingerprint density at radius 2 is 1.78 bits per heavy atom. The summed E-state index contributed by atoms with van der Waals surface area (Å²) in [5.74, 6) is -2.32. The van der Waals surface area contributed by atoms with E-state index in [1.807, 2.05) is 11.5 Å². The van der Waals surface area contributed by atoms with Gasteiger partial charge in [0.15, 0.2) is 11.6 Å². The van der Waals surface area contributed by atoms with Gasteiger partial charge in [0.25, 0.3) is 0 Å². The molecule has 0 unspecified atom stereocenters. The number of rotatable bonds is 8. The van der Waals surface area contributed by atoms with E-state index in [9.17, 15) is 13.2 Å². The molecule has 196 valence electrons. The molecule has 1 saturated carbocycles. The molecule has 12 heteroatoms. The Hall–Kier alpha value is -2.19. The molecule has 5 rings (SSSR count). The Balaban J connectivity index is 1.42. The van der Waals surface area contributed by atoms with Crippen LogP contribution in [0.1, 0.15) is 51.5 Å². The van der Waals surface area contributed by atoms with Crippen LogP contribution in [0.4, 0.5) is 30.8 Å². The van der Waals surface area contributed by atoms with Gasteiger partial charge in [-0.3, -0.25) is 0 Å². The van der Waals surface area contributed by atoms with Gasteiger partial charge in [-0.1, -0.05) is 0 Å². The Morgan fingerprint density at radius 3 is 2.47 bits per heavy atom. The number of anilines is 3. The molecule has 2 aromatic heterocycles. The molecule has 2 N–H and O–H groups in total. The second kappa shape index (κ2) is 11.5. The zero-order chi connectivity index (χ0) is 25.1. The quantitative estimate of drug-likeness (QED) is 0.296. The van der Waals surface area contributed by atoms with E-state index in [0.29, 0.717) is 59.2 Å². The fraction of sp³-hybridized carbons (Fsp3) is 0.542. The third-order valence-electron chi connectivity index (χ3n) is 6.52. The van der Waals surface area contributed by atoms with Crippen molar-refractivity contribution < 1.29 is 42.6 Å². The van der Waals surface area contributed by atoms with Gasteiger partial charge in [0, 0.05) is 12.1 Å². The number of halogens is 4. The summed E-state index contributed by atoms with van der Waals surface area (Å²) in [6, 6.07) is 1.53. The van der Waals surface area contributed by atoms with Crippen molar-refractivity contribution in [2.24, 2.45) is 0 Å². The number of imidazole rings is 1. The molecule has 2 fully saturated rings. The molecule has 8 nitrogen and oxygen atoms in total. The first-order valence-corrected chi connectivity index (χ1v) is 14.4. The Kier molecular flexibility index (Phi) is 8.11. The molecule has 2 aliphatic rings. The molecule has 3 heterocycles. The second-order valence-electron chi connectivity index (χ2n) is 9.00. The molecule has 36 heavy (non-hydrogen) atoms. The number of benzene rings is 1. The summed E-state index contributed by atoms with van der Waals surface area (Å²) in [5.41, 5.74) is 0.612. The van der Waals surface area contributed by atoms with E-state index in [1.165, 1.54) is 0 Å². The van der Waals surface area contributed by atoms with Crippen LogP contribution in [0.15, 0.2) is 18.3 Å². The maximum absolute atomic E-state index is 14.4. The third-order valence-corrected chi connectivity index (χ3v) is 9.47. The van der Waals surface area contributed by atoms with Crippen LogP contribution in [0.3, 0.4) is 0 Å². The van der Waals surface area contributed by atoms with Gasteiger partial charge in [-0.25, -0.2) is 13.2 Å². The monoisotopic (exact) mass is 617 g/mol. The maximum atomic E-state index is 14.4. The van der Waals surface area contributed by atoms with Crippen molar-refractivity contribution in [1.29, 1.82) is 0 Å². The number of aromatic nitrogens is 4. The van der Waals surface area contributed by atoms with Gasteiger partial charge in [0.2, 0.25) is 0 Å². The van der Waals surface area contributed by atoms with Crippen LogP contribution in [0.25, 0.3) is 11.2 Å². The van der Waals surface area contributed by atoms with Crippen LogP contribution in [-0.2, 0) is 7.80 Å². The minimum absolute atomic E-state index is 0.0292. The molecule has 3 aromatic rings. The van der Waals surface area contributed by atoms with Crippen molar-refractivity contribution in [1.82, 2.24) is 19.5 Å². The summed E-state index contributed by atoms with van der Waals surface area (Å²) in [5, 5.41) is 6.21. The first-order chi connectivity index (χ1) is 17.5. The molecule has 1 saturated heterocycles. The first kappa shape index (κ1) is 25.5. The molecule has 1 aliphatic carbocycles. The number of nitrogens with zero attached hydrogens (tertiary/aromatic N) is 4. The molecule has 0 spiro atoms. The zero-order valence-corrected chi connectivity index (χ0v) is 22.1. The number of ether oxygens (including phenoxy) is 1. The number of alkyl halides is 1. The van der Waals surface area contributed by atoms with Crippen molar-refractivity contribution in [2.75, 3.05) is 30.5 Å². The summed E-state index contributed by atoms with van der Waals surface area (Å²) in [4.78, 5) is 13.8. The van der Waals surface area contributed by atoms with Gasteiger partial charge < -0.3 is 4.74 Å². The number of fused-ring (bicyclic) bond motifs is 1. The van der Waals surface area contributed by atoms with E-state index in [0.717, 1.165) is 32.3 Å². The topological polar surface area (TPSA) is 86.1 Å². The third kappa shape index (κ3) is 5.70. The Morgan fingerprint density at radius 1 is 1.06 bits per heavy atom. The molecule has 0 radical (unpaired) electrons. The number of nitrogens with one attached hydrogen (secondary N) is 2. The fourth-order valence-electron chi connectivity index (χ4n) is 4.73. The van der Waals surface area contributed by atoms with Crippen molar-refractivity contribution in [3.05, 3.63) is 35.8 Å². The normalized spacial score (nSPS) is 21.2. The standard InChI is InChI=1S/C24H29F3IN6O2/c1-2-36-28-15-3-5-16(6-4-15)30-23-29-13-20-22(33-23)34(17-7-9-35-10-8-17)24(31-20)32-21-18(26)11-14(25)12-19(21)27/h11-13,15-17H,2-10H2,1H3,(H,31,32)(H,29,30,33)/q-1. The minimum atomic E-state index is -1.03. The van der Waals surface area contributed by atoms with Crippen LogP contribution in [0.5, 0.6) is 0 Å². The van der Waals surface area contributed by atoms with E-state index < -0.39 is 23.1 Å². The van der Waals surface area contributed by atoms with Crippen molar-refractivity contribution in [3.8, 4) is 0 Å². The van der Waals surface area contributed by atoms with E-state index >= 15 is 0 Å². The van der Waals surface area contributed by atoms with E-state index in [1.54, 1.807) is 6.20 Å². The van der Waals surface area contributed by atoms with Crippen LogP contribution < -0.4 is 32.3 Å². The Bertz CT molecular complexity index is 1180. The van der Waals surface area contributed by atoms with E-state index in [2.05, 4.69) is 20.6 Å². The zero-order valence-electron chi connectivity index (χ0n) is 19.9. The van der Waals surface area contributed by atoms with Crippen molar-refractivity contribution in [3.63, 3.8) is 0 Å². The number of hydrogen-bond donors (Lipinski definition) is 2. The SMILES string of the molecule is CCO[I-]C1CCC(Nc2ncc3nc(Nc4c(F)cc(F)cc4F)n(C4CCOCC4)c3n2)CC1. The van der Waals surface area contributed by atoms with Gasteiger partial charge >= 0.3 is 171 Å². The molecule has 0 atom stereocenters. The molecular formula is C24H29F3IN6O2-. The van der Waals surface area contributed by atoms with Crippen molar-refractivity contribution >= 4 is 28.7 Å².